The molecule has 1 aromatic carbocycles. The molecule has 0 aliphatic carbocycles. The first-order valence-corrected chi connectivity index (χ1v) is 10.0. The summed E-state index contributed by atoms with van der Waals surface area (Å²) in [5, 5.41) is 8.32. The van der Waals surface area contributed by atoms with Gasteiger partial charge in [0.15, 0.2) is 0 Å². The molecule has 2 aromatic rings. The molecule has 0 saturated carbocycles. The van der Waals surface area contributed by atoms with Crippen LogP contribution in [0.2, 0.25) is 5.02 Å². The number of aromatic nitrogens is 3. The second kappa shape index (κ2) is 8.85. The Balaban J connectivity index is 1.78. The SMILES string of the molecule is CNCCC1CCN(C(=O)c2nc(C(C)C)n(-c3ccccc3Cl)n2)CC1. The number of nitrogens with one attached hydrogen (secondary N) is 1. The molecule has 1 N–H and O–H groups in total. The molecule has 1 aromatic heterocycles. The molecule has 0 atom stereocenters. The van der Waals surface area contributed by atoms with Crippen LogP contribution in [0.1, 0.15) is 55.5 Å². The molecule has 0 unspecified atom stereocenters. The van der Waals surface area contributed by atoms with Crippen LogP contribution in [0.3, 0.4) is 0 Å². The van der Waals surface area contributed by atoms with Crippen LogP contribution in [-0.4, -0.2) is 52.3 Å². The van der Waals surface area contributed by atoms with E-state index in [4.69, 9.17) is 11.6 Å². The van der Waals surface area contributed by atoms with Crippen LogP contribution in [0, 0.1) is 5.92 Å². The smallest absolute Gasteiger partial charge is 0.293 e. The molecule has 1 fully saturated rings. The molecule has 0 radical (unpaired) electrons. The zero-order chi connectivity index (χ0) is 19.4. The van der Waals surface area contributed by atoms with Crippen LogP contribution in [0.5, 0.6) is 0 Å². The van der Waals surface area contributed by atoms with Gasteiger partial charge in [0, 0.05) is 19.0 Å². The lowest BCUT2D eigenvalue weighted by atomic mass is 9.93. The number of hydrogen-bond acceptors (Lipinski definition) is 4. The van der Waals surface area contributed by atoms with Gasteiger partial charge in [0.2, 0.25) is 5.82 Å². The minimum Gasteiger partial charge on any atom is -0.336 e. The van der Waals surface area contributed by atoms with E-state index in [0.29, 0.717) is 10.9 Å². The summed E-state index contributed by atoms with van der Waals surface area (Å²) in [5.41, 5.74) is 0.750. The minimum atomic E-state index is -0.0882. The van der Waals surface area contributed by atoms with E-state index in [1.807, 2.05) is 50.1 Å². The molecule has 1 aliphatic rings. The summed E-state index contributed by atoms with van der Waals surface area (Å²) in [6.45, 7) is 6.65. The van der Waals surface area contributed by atoms with Crippen molar-refractivity contribution < 1.29 is 4.79 Å². The summed E-state index contributed by atoms with van der Waals surface area (Å²) >= 11 is 6.34. The Hall–Kier alpha value is -1.92. The molecular formula is C20H28ClN5O. The molecular weight excluding hydrogens is 362 g/mol. The van der Waals surface area contributed by atoms with Gasteiger partial charge in [-0.1, -0.05) is 37.6 Å². The zero-order valence-corrected chi connectivity index (χ0v) is 17.0. The zero-order valence-electron chi connectivity index (χ0n) is 16.3. The molecule has 27 heavy (non-hydrogen) atoms. The Bertz CT molecular complexity index is 780. The van der Waals surface area contributed by atoms with Crippen molar-refractivity contribution in [3.63, 3.8) is 0 Å². The molecule has 7 heteroatoms. The lowest BCUT2D eigenvalue weighted by Gasteiger charge is -2.31. The molecule has 146 valence electrons. The van der Waals surface area contributed by atoms with Gasteiger partial charge in [-0.2, -0.15) is 0 Å². The van der Waals surface area contributed by atoms with Crippen LogP contribution in [0.25, 0.3) is 5.69 Å². The van der Waals surface area contributed by atoms with Crippen molar-refractivity contribution in [1.82, 2.24) is 25.0 Å². The van der Waals surface area contributed by atoms with Gasteiger partial charge in [0.05, 0.1) is 10.7 Å². The third-order valence-electron chi connectivity index (χ3n) is 5.12. The van der Waals surface area contributed by atoms with Gasteiger partial charge in [0.1, 0.15) is 5.82 Å². The Morgan fingerprint density at radius 2 is 2.00 bits per heavy atom. The predicted octanol–water partition coefficient (Wildman–Crippen LogP) is 3.51. The number of piperidine rings is 1. The number of benzene rings is 1. The highest BCUT2D eigenvalue weighted by molar-refractivity contribution is 6.32. The first-order valence-electron chi connectivity index (χ1n) is 9.67. The number of likely N-dealkylation sites (tertiary alicyclic amines) is 1. The lowest BCUT2D eigenvalue weighted by Crippen LogP contribution is -2.39. The molecule has 1 amide bonds. The van der Waals surface area contributed by atoms with E-state index in [1.165, 1.54) is 0 Å². The normalized spacial score (nSPS) is 15.5. The van der Waals surface area contributed by atoms with Crippen molar-refractivity contribution in [2.75, 3.05) is 26.7 Å². The number of carbonyl (C=O) groups excluding carboxylic acids is 1. The van der Waals surface area contributed by atoms with Gasteiger partial charge in [-0.25, -0.2) is 9.67 Å². The van der Waals surface area contributed by atoms with E-state index < -0.39 is 0 Å². The van der Waals surface area contributed by atoms with Crippen molar-refractivity contribution in [2.45, 2.75) is 39.0 Å². The average molecular weight is 390 g/mol. The van der Waals surface area contributed by atoms with E-state index in [-0.39, 0.29) is 17.6 Å². The first-order chi connectivity index (χ1) is 13.0. The van der Waals surface area contributed by atoms with E-state index >= 15 is 0 Å². The van der Waals surface area contributed by atoms with Crippen molar-refractivity contribution in [1.29, 1.82) is 0 Å². The third-order valence-corrected chi connectivity index (χ3v) is 5.44. The maximum absolute atomic E-state index is 13.0. The maximum atomic E-state index is 13.0. The molecule has 6 nitrogen and oxygen atoms in total. The Morgan fingerprint density at radius 1 is 1.30 bits per heavy atom. The standard InChI is InChI=1S/C20H28ClN5O/c1-14(2)19-23-18(24-26(19)17-7-5-4-6-16(17)21)20(27)25-12-9-15(10-13-25)8-11-22-3/h4-7,14-15,22H,8-13H2,1-3H3. The summed E-state index contributed by atoms with van der Waals surface area (Å²) in [6.07, 6.45) is 3.24. The van der Waals surface area contributed by atoms with Gasteiger partial charge < -0.3 is 10.2 Å². The summed E-state index contributed by atoms with van der Waals surface area (Å²) in [4.78, 5) is 19.4. The lowest BCUT2D eigenvalue weighted by molar-refractivity contribution is 0.0674. The molecule has 1 saturated heterocycles. The van der Waals surface area contributed by atoms with Crippen LogP contribution in [0.4, 0.5) is 0 Å². The number of para-hydroxylation sites is 1. The Labute approximate surface area is 165 Å². The highest BCUT2D eigenvalue weighted by Crippen LogP contribution is 2.25. The van der Waals surface area contributed by atoms with Crippen molar-refractivity contribution in [3.8, 4) is 5.69 Å². The van der Waals surface area contributed by atoms with Crippen LogP contribution in [0.15, 0.2) is 24.3 Å². The van der Waals surface area contributed by atoms with Crippen molar-refractivity contribution >= 4 is 17.5 Å². The second-order valence-corrected chi connectivity index (χ2v) is 7.85. The Kier molecular flexibility index (Phi) is 6.50. The molecule has 0 spiro atoms. The quantitative estimate of drug-likeness (QED) is 0.821. The van der Waals surface area contributed by atoms with Crippen LogP contribution in [-0.2, 0) is 0 Å². The summed E-state index contributed by atoms with van der Waals surface area (Å²) in [6, 6.07) is 7.50. The van der Waals surface area contributed by atoms with E-state index in [2.05, 4.69) is 15.4 Å². The number of halogens is 1. The number of nitrogens with zero attached hydrogens (tertiary/aromatic N) is 4. The van der Waals surface area contributed by atoms with Crippen molar-refractivity contribution in [3.05, 3.63) is 40.9 Å². The fraction of sp³-hybridized carbons (Fsp3) is 0.550. The van der Waals surface area contributed by atoms with Gasteiger partial charge >= 0.3 is 0 Å². The highest BCUT2D eigenvalue weighted by atomic mass is 35.5. The van der Waals surface area contributed by atoms with Gasteiger partial charge in [-0.3, -0.25) is 4.79 Å². The summed E-state index contributed by atoms with van der Waals surface area (Å²) in [5.74, 6) is 1.72. The van der Waals surface area contributed by atoms with E-state index in [1.54, 1.807) is 4.68 Å². The van der Waals surface area contributed by atoms with Crippen molar-refractivity contribution in [2.24, 2.45) is 5.92 Å². The molecule has 0 bridgehead atoms. The fourth-order valence-corrected chi connectivity index (χ4v) is 3.72. The number of hydrogen-bond donors (Lipinski definition) is 1. The van der Waals surface area contributed by atoms with Gasteiger partial charge in [-0.05, 0) is 50.9 Å². The highest BCUT2D eigenvalue weighted by Gasteiger charge is 2.27. The van der Waals surface area contributed by atoms with Crippen LogP contribution < -0.4 is 5.32 Å². The molecule has 3 rings (SSSR count). The largest absolute Gasteiger partial charge is 0.336 e. The second-order valence-electron chi connectivity index (χ2n) is 7.44. The van der Waals surface area contributed by atoms with Gasteiger partial charge in [-0.15, -0.1) is 5.10 Å². The molecule has 2 heterocycles. The maximum Gasteiger partial charge on any atom is 0.293 e. The van der Waals surface area contributed by atoms with Gasteiger partial charge in [0.25, 0.3) is 5.91 Å². The van der Waals surface area contributed by atoms with E-state index in [9.17, 15) is 4.79 Å². The predicted molar refractivity (Wildman–Crippen MR) is 108 cm³/mol. The average Bonchev–Trinajstić information content (AvgIpc) is 3.12. The number of amides is 1. The minimum absolute atomic E-state index is 0.0882. The third kappa shape index (κ3) is 4.50. The fourth-order valence-electron chi connectivity index (χ4n) is 3.50. The van der Waals surface area contributed by atoms with Crippen LogP contribution >= 0.6 is 11.6 Å². The Morgan fingerprint density at radius 3 is 2.63 bits per heavy atom. The summed E-state index contributed by atoms with van der Waals surface area (Å²) < 4.78 is 1.71. The first kappa shape index (κ1) is 19.8. The monoisotopic (exact) mass is 389 g/mol. The summed E-state index contributed by atoms with van der Waals surface area (Å²) in [7, 11) is 1.98. The topological polar surface area (TPSA) is 63.1 Å². The number of rotatable bonds is 6. The number of carbonyl (C=O) groups is 1. The molecule has 1 aliphatic heterocycles. The van der Waals surface area contributed by atoms with E-state index in [0.717, 1.165) is 50.4 Å².